The molecule has 0 aliphatic carbocycles. The smallest absolute Gasteiger partial charge is 0.105 e. The topological polar surface area (TPSA) is 41.3 Å². The van der Waals surface area contributed by atoms with Gasteiger partial charge in [-0.25, -0.2) is 0 Å². The lowest BCUT2D eigenvalue weighted by molar-refractivity contribution is 0.277. The summed E-state index contributed by atoms with van der Waals surface area (Å²) in [6.07, 6.45) is 2.59. The maximum Gasteiger partial charge on any atom is 0.105 e. The highest BCUT2D eigenvalue weighted by atomic mass is 79.9. The summed E-state index contributed by atoms with van der Waals surface area (Å²) in [6, 6.07) is 6.68. The van der Waals surface area contributed by atoms with Gasteiger partial charge in [0.05, 0.1) is 0 Å². The van der Waals surface area contributed by atoms with Crippen LogP contribution in [0.2, 0.25) is 0 Å². The Labute approximate surface area is 128 Å². The van der Waals surface area contributed by atoms with E-state index in [9.17, 15) is 0 Å². The normalized spacial score (nSPS) is 19.6. The SMILES string of the molecule is CCN1CCCC1CNc1ccc(C(N)=S)c(Br)c1. The first-order valence-corrected chi connectivity index (χ1v) is 7.89. The third-order valence-corrected chi connectivity index (χ3v) is 4.56. The molecule has 0 bridgehead atoms. The van der Waals surface area contributed by atoms with Gasteiger partial charge in [0.2, 0.25) is 0 Å². The van der Waals surface area contributed by atoms with Gasteiger partial charge < -0.3 is 11.1 Å². The van der Waals surface area contributed by atoms with Gasteiger partial charge in [-0.2, -0.15) is 0 Å². The van der Waals surface area contributed by atoms with E-state index in [-0.39, 0.29) is 0 Å². The van der Waals surface area contributed by atoms with Crippen molar-refractivity contribution in [2.75, 3.05) is 25.0 Å². The number of nitrogens with zero attached hydrogens (tertiary/aromatic N) is 1. The van der Waals surface area contributed by atoms with Crippen molar-refractivity contribution >= 4 is 38.8 Å². The zero-order chi connectivity index (χ0) is 13.8. The number of halogens is 1. The quantitative estimate of drug-likeness (QED) is 0.808. The molecule has 1 aromatic rings. The molecule has 0 aromatic heterocycles. The average molecular weight is 342 g/mol. The molecule has 0 saturated carbocycles. The van der Waals surface area contributed by atoms with Gasteiger partial charge >= 0.3 is 0 Å². The number of hydrogen-bond donors (Lipinski definition) is 2. The molecule has 1 aliphatic rings. The minimum atomic E-state index is 0.423. The molecular weight excluding hydrogens is 322 g/mol. The summed E-state index contributed by atoms with van der Waals surface area (Å²) in [6.45, 7) is 5.59. The molecule has 1 atom stereocenters. The van der Waals surface area contributed by atoms with E-state index in [1.807, 2.05) is 18.2 Å². The summed E-state index contributed by atoms with van der Waals surface area (Å²) in [5.74, 6) is 0. The van der Waals surface area contributed by atoms with Gasteiger partial charge in [-0.1, -0.05) is 19.1 Å². The Kier molecular flexibility index (Phi) is 5.19. The second-order valence-corrected chi connectivity index (χ2v) is 6.16. The molecule has 1 aromatic carbocycles. The Morgan fingerprint density at radius 3 is 3.00 bits per heavy atom. The van der Waals surface area contributed by atoms with Crippen LogP contribution >= 0.6 is 28.1 Å². The molecule has 3 N–H and O–H groups in total. The monoisotopic (exact) mass is 341 g/mol. The molecule has 3 nitrogen and oxygen atoms in total. The molecule has 104 valence electrons. The Morgan fingerprint density at radius 1 is 1.58 bits per heavy atom. The zero-order valence-corrected chi connectivity index (χ0v) is 13.6. The highest BCUT2D eigenvalue weighted by Crippen LogP contribution is 2.23. The zero-order valence-electron chi connectivity index (χ0n) is 11.2. The summed E-state index contributed by atoms with van der Waals surface area (Å²) in [7, 11) is 0. The largest absolute Gasteiger partial charge is 0.389 e. The molecule has 1 heterocycles. The van der Waals surface area contributed by atoms with Crippen LogP contribution in [0.5, 0.6) is 0 Å². The Balaban J connectivity index is 1.96. The highest BCUT2D eigenvalue weighted by Gasteiger charge is 2.22. The van der Waals surface area contributed by atoms with Crippen molar-refractivity contribution < 1.29 is 0 Å². The van der Waals surface area contributed by atoms with Crippen molar-refractivity contribution in [3.05, 3.63) is 28.2 Å². The minimum absolute atomic E-state index is 0.423. The van der Waals surface area contributed by atoms with Crippen molar-refractivity contribution in [3.63, 3.8) is 0 Å². The summed E-state index contributed by atoms with van der Waals surface area (Å²) < 4.78 is 0.948. The molecule has 5 heteroatoms. The molecular formula is C14H20BrN3S. The van der Waals surface area contributed by atoms with Crippen molar-refractivity contribution in [2.24, 2.45) is 5.73 Å². The fourth-order valence-electron chi connectivity index (χ4n) is 2.60. The van der Waals surface area contributed by atoms with Crippen LogP contribution in [0, 0.1) is 0 Å². The molecule has 1 fully saturated rings. The molecule has 19 heavy (non-hydrogen) atoms. The van der Waals surface area contributed by atoms with E-state index < -0.39 is 0 Å². The number of nitrogens with two attached hydrogens (primary N) is 1. The summed E-state index contributed by atoms with van der Waals surface area (Å²) in [4.78, 5) is 2.96. The lowest BCUT2D eigenvalue weighted by atomic mass is 10.2. The van der Waals surface area contributed by atoms with E-state index in [0.29, 0.717) is 11.0 Å². The molecule has 0 spiro atoms. The van der Waals surface area contributed by atoms with Crippen molar-refractivity contribution in [1.29, 1.82) is 0 Å². The van der Waals surface area contributed by atoms with Gasteiger partial charge in [0, 0.05) is 28.3 Å². The molecule has 0 radical (unpaired) electrons. The predicted octanol–water partition coefficient (Wildman–Crippen LogP) is 2.98. The second-order valence-electron chi connectivity index (χ2n) is 4.86. The number of likely N-dealkylation sites (N-methyl/N-ethyl adjacent to an activating group) is 1. The first kappa shape index (κ1) is 14.8. The summed E-state index contributed by atoms with van der Waals surface area (Å²) >= 11 is 8.51. The predicted molar refractivity (Wildman–Crippen MR) is 88.8 cm³/mol. The Morgan fingerprint density at radius 2 is 2.37 bits per heavy atom. The number of hydrogen-bond acceptors (Lipinski definition) is 3. The van der Waals surface area contributed by atoms with Crippen LogP contribution in [0.1, 0.15) is 25.3 Å². The highest BCUT2D eigenvalue weighted by molar-refractivity contribution is 9.10. The molecule has 1 saturated heterocycles. The van der Waals surface area contributed by atoms with E-state index in [1.165, 1.54) is 19.4 Å². The van der Waals surface area contributed by atoms with Gasteiger partial charge in [-0.15, -0.1) is 0 Å². The van der Waals surface area contributed by atoms with Gasteiger partial charge in [-0.3, -0.25) is 4.90 Å². The molecule has 2 rings (SSSR count). The average Bonchev–Trinajstić information content (AvgIpc) is 2.83. The van der Waals surface area contributed by atoms with Crippen LogP contribution in [-0.2, 0) is 0 Å². The van der Waals surface area contributed by atoms with Crippen molar-refractivity contribution in [1.82, 2.24) is 4.90 Å². The van der Waals surface area contributed by atoms with Crippen LogP contribution in [0.25, 0.3) is 0 Å². The van der Waals surface area contributed by atoms with Crippen molar-refractivity contribution in [2.45, 2.75) is 25.8 Å². The number of thiocarbonyl (C=S) groups is 1. The van der Waals surface area contributed by atoms with Crippen molar-refractivity contribution in [3.8, 4) is 0 Å². The van der Waals surface area contributed by atoms with E-state index in [1.54, 1.807) is 0 Å². The van der Waals surface area contributed by atoms with Crippen LogP contribution in [0.4, 0.5) is 5.69 Å². The second kappa shape index (κ2) is 6.68. The van der Waals surface area contributed by atoms with Gasteiger partial charge in [-0.05, 0) is 60.1 Å². The van der Waals surface area contributed by atoms with E-state index in [4.69, 9.17) is 18.0 Å². The molecule has 1 unspecified atom stereocenters. The van der Waals surface area contributed by atoms with Crippen LogP contribution in [0.15, 0.2) is 22.7 Å². The molecule has 1 aliphatic heterocycles. The fraction of sp³-hybridized carbons (Fsp3) is 0.500. The number of benzene rings is 1. The van der Waals surface area contributed by atoms with Gasteiger partial charge in [0.25, 0.3) is 0 Å². The standard InChI is InChI=1S/C14H20BrN3S/c1-2-18-7-3-4-11(18)9-17-10-5-6-12(14(16)19)13(15)8-10/h5-6,8,11,17H,2-4,7,9H2,1H3,(H2,16,19). The maximum atomic E-state index is 5.65. The third kappa shape index (κ3) is 3.68. The number of rotatable bonds is 5. The Hall–Kier alpha value is -0.650. The number of nitrogens with one attached hydrogen (secondary N) is 1. The first-order valence-electron chi connectivity index (χ1n) is 6.69. The fourth-order valence-corrected chi connectivity index (χ4v) is 3.50. The number of anilines is 1. The number of likely N-dealkylation sites (tertiary alicyclic amines) is 1. The lowest BCUT2D eigenvalue weighted by Crippen LogP contribution is -2.34. The first-order chi connectivity index (χ1) is 9.11. The van der Waals surface area contributed by atoms with E-state index >= 15 is 0 Å². The minimum Gasteiger partial charge on any atom is -0.389 e. The lowest BCUT2D eigenvalue weighted by Gasteiger charge is -2.23. The van der Waals surface area contributed by atoms with E-state index in [0.717, 1.165) is 28.8 Å². The van der Waals surface area contributed by atoms with Gasteiger partial charge in [0.1, 0.15) is 4.99 Å². The summed E-state index contributed by atoms with van der Waals surface area (Å²) in [5.41, 5.74) is 7.64. The van der Waals surface area contributed by atoms with Crippen LogP contribution < -0.4 is 11.1 Å². The van der Waals surface area contributed by atoms with Crippen LogP contribution in [-0.4, -0.2) is 35.6 Å². The maximum absolute atomic E-state index is 5.65. The van der Waals surface area contributed by atoms with Gasteiger partial charge in [0.15, 0.2) is 0 Å². The van der Waals surface area contributed by atoms with E-state index in [2.05, 4.69) is 33.1 Å². The summed E-state index contributed by atoms with van der Waals surface area (Å²) in [5, 5.41) is 3.50. The Bertz CT molecular complexity index is 464. The molecule has 0 amide bonds. The third-order valence-electron chi connectivity index (χ3n) is 3.68. The van der Waals surface area contributed by atoms with Crippen LogP contribution in [0.3, 0.4) is 0 Å².